The van der Waals surface area contributed by atoms with Gasteiger partial charge in [0.2, 0.25) is 0 Å². The summed E-state index contributed by atoms with van der Waals surface area (Å²) in [4.78, 5) is 34.2. The van der Waals surface area contributed by atoms with E-state index in [4.69, 9.17) is 15.9 Å². The van der Waals surface area contributed by atoms with Gasteiger partial charge in [-0.1, -0.05) is 0 Å². The molecule has 4 N–H and O–H groups in total. The molecule has 0 radical (unpaired) electrons. The van der Waals surface area contributed by atoms with Gasteiger partial charge in [-0.15, -0.1) is 0 Å². The first kappa shape index (κ1) is 15.2. The Morgan fingerprint density at radius 3 is 1.77 bits per heavy atom. The van der Waals surface area contributed by atoms with Gasteiger partial charge in [0.25, 0.3) is 0 Å². The highest BCUT2D eigenvalue weighted by atomic mass is 16.4. The molecule has 0 spiro atoms. The Morgan fingerprint density at radius 1 is 0.818 bits per heavy atom. The number of anilines is 1. The molecule has 0 bridgehead atoms. The van der Waals surface area contributed by atoms with Crippen LogP contribution in [0.2, 0.25) is 0 Å². The largest absolute Gasteiger partial charge is 0.478 e. The summed E-state index contributed by atoms with van der Waals surface area (Å²) in [6.45, 7) is 0. The molecule has 0 aliphatic heterocycles. The molecule has 0 aliphatic carbocycles. The summed E-state index contributed by atoms with van der Waals surface area (Å²) < 4.78 is 0. The van der Waals surface area contributed by atoms with Gasteiger partial charge in [0.05, 0.1) is 11.1 Å². The number of carbonyl (C=O) groups excluding carboxylic acids is 1. The zero-order valence-corrected chi connectivity index (χ0v) is 11.4. The molecule has 6 nitrogen and oxygen atoms in total. The minimum atomic E-state index is -1.25. The van der Waals surface area contributed by atoms with Crippen molar-refractivity contribution in [3.05, 3.63) is 64.7 Å². The topological polar surface area (TPSA) is 118 Å². The number of nitrogens with two attached hydrogens (primary N) is 1. The van der Waals surface area contributed by atoms with Crippen molar-refractivity contribution in [1.82, 2.24) is 0 Å². The summed E-state index contributed by atoms with van der Waals surface area (Å²) in [5.74, 6) is -2.74. The van der Waals surface area contributed by atoms with Crippen LogP contribution < -0.4 is 5.73 Å². The first-order valence-corrected chi connectivity index (χ1v) is 6.36. The summed E-state index contributed by atoms with van der Waals surface area (Å²) in [7, 11) is 0. The van der Waals surface area contributed by atoms with Crippen molar-refractivity contribution in [3.63, 3.8) is 0 Å². The molecule has 0 amide bonds. The maximum atomic E-state index is 12.2. The molecule has 0 saturated heterocycles. The first-order valence-electron chi connectivity index (χ1n) is 6.36. The minimum Gasteiger partial charge on any atom is -0.478 e. The van der Waals surface area contributed by atoms with E-state index in [9.17, 15) is 14.4 Å². The Labute approximate surface area is 125 Å². The second-order valence-corrected chi connectivity index (χ2v) is 4.75. The van der Waals surface area contributed by atoms with Crippen LogP contribution in [-0.4, -0.2) is 27.9 Å². The number of aromatic carboxylic acids is 2. The molecular weight excluding hydrogens is 286 g/mol. The summed E-state index contributed by atoms with van der Waals surface area (Å²) in [5.41, 5.74) is 6.49. The predicted molar refractivity (Wildman–Crippen MR) is 79.2 cm³/mol. The number of carboxylic acids is 2. The molecule has 0 heterocycles. The van der Waals surface area contributed by atoms with Gasteiger partial charge in [0, 0.05) is 17.7 Å². The highest BCUT2D eigenvalue weighted by Gasteiger charge is 2.14. The third-order valence-electron chi connectivity index (χ3n) is 3.08. The van der Waals surface area contributed by atoms with Gasteiger partial charge in [-0.25, -0.2) is 9.59 Å². The van der Waals surface area contributed by atoms with E-state index in [0.717, 1.165) is 6.07 Å². The molecule has 0 unspecified atom stereocenters. The fourth-order valence-corrected chi connectivity index (χ4v) is 2.00. The van der Waals surface area contributed by atoms with Crippen molar-refractivity contribution < 1.29 is 24.6 Å². The lowest BCUT2D eigenvalue weighted by molar-refractivity contribution is 0.0696. The van der Waals surface area contributed by atoms with Gasteiger partial charge < -0.3 is 15.9 Å². The lowest BCUT2D eigenvalue weighted by atomic mass is 9.99. The third-order valence-corrected chi connectivity index (χ3v) is 3.08. The number of hydrogen-bond acceptors (Lipinski definition) is 4. The number of Topliss-reactive ketones (excluding diaryl/α,β-unsaturated/α-hetero) is 1. The number of nitrogen functional groups attached to an aromatic ring is 1. The summed E-state index contributed by atoms with van der Waals surface area (Å²) in [5, 5.41) is 18.0. The Morgan fingerprint density at radius 2 is 1.32 bits per heavy atom. The normalized spacial score (nSPS) is 10.2. The van der Waals surface area contributed by atoms with Crippen LogP contribution >= 0.6 is 0 Å². The van der Waals surface area contributed by atoms with E-state index in [-0.39, 0.29) is 23.3 Å². The van der Waals surface area contributed by atoms with Crippen molar-refractivity contribution in [2.75, 3.05) is 5.73 Å². The second kappa shape index (κ2) is 6.09. The standard InChI is InChI=1S/C16H13NO5/c17-13-3-1-10(2-4-13)14(18)7-9-5-11(15(19)20)8-12(6-9)16(21)22/h1-6,8H,7,17H2,(H,19,20)(H,21,22). The highest BCUT2D eigenvalue weighted by Crippen LogP contribution is 2.15. The fourth-order valence-electron chi connectivity index (χ4n) is 2.00. The molecule has 0 aromatic heterocycles. The maximum absolute atomic E-state index is 12.2. The van der Waals surface area contributed by atoms with Crippen molar-refractivity contribution >= 4 is 23.4 Å². The van der Waals surface area contributed by atoms with Crippen molar-refractivity contribution in [3.8, 4) is 0 Å². The molecule has 22 heavy (non-hydrogen) atoms. The molecule has 2 aromatic carbocycles. The molecule has 0 aliphatic rings. The van der Waals surface area contributed by atoms with E-state index in [1.165, 1.54) is 12.1 Å². The Kier molecular flexibility index (Phi) is 4.22. The zero-order chi connectivity index (χ0) is 16.3. The van der Waals surface area contributed by atoms with Crippen LogP contribution in [0.15, 0.2) is 42.5 Å². The lowest BCUT2D eigenvalue weighted by Crippen LogP contribution is -2.08. The number of carbonyl (C=O) groups is 3. The van der Waals surface area contributed by atoms with E-state index in [2.05, 4.69) is 0 Å². The van der Waals surface area contributed by atoms with E-state index >= 15 is 0 Å². The van der Waals surface area contributed by atoms with Crippen LogP contribution in [-0.2, 0) is 6.42 Å². The molecular formula is C16H13NO5. The molecule has 0 saturated carbocycles. The summed E-state index contributed by atoms with van der Waals surface area (Å²) >= 11 is 0. The average Bonchev–Trinajstić information content (AvgIpc) is 2.47. The van der Waals surface area contributed by atoms with Crippen molar-refractivity contribution in [1.29, 1.82) is 0 Å². The Bertz CT molecular complexity index is 717. The van der Waals surface area contributed by atoms with Crippen molar-refractivity contribution in [2.24, 2.45) is 0 Å². The summed E-state index contributed by atoms with van der Waals surface area (Å²) in [6.07, 6.45) is -0.0919. The van der Waals surface area contributed by atoms with Gasteiger partial charge in [-0.05, 0) is 48.0 Å². The second-order valence-electron chi connectivity index (χ2n) is 4.75. The molecule has 2 aromatic rings. The predicted octanol–water partition coefficient (Wildman–Crippen LogP) is 2.09. The van der Waals surface area contributed by atoms with E-state index < -0.39 is 11.9 Å². The van der Waals surface area contributed by atoms with Crippen LogP contribution in [0.4, 0.5) is 5.69 Å². The van der Waals surface area contributed by atoms with Gasteiger partial charge in [-0.3, -0.25) is 4.79 Å². The van der Waals surface area contributed by atoms with Crippen LogP contribution in [0.5, 0.6) is 0 Å². The van der Waals surface area contributed by atoms with Gasteiger partial charge >= 0.3 is 11.9 Å². The van der Waals surface area contributed by atoms with Gasteiger partial charge in [0.15, 0.2) is 5.78 Å². The molecule has 2 rings (SSSR count). The van der Waals surface area contributed by atoms with Gasteiger partial charge in [-0.2, -0.15) is 0 Å². The summed E-state index contributed by atoms with van der Waals surface area (Å²) in [6, 6.07) is 9.95. The molecule has 0 atom stereocenters. The number of hydrogen-bond donors (Lipinski definition) is 3. The SMILES string of the molecule is Nc1ccc(C(=O)Cc2cc(C(=O)O)cc(C(=O)O)c2)cc1. The number of carboxylic acid groups (broad SMARTS) is 2. The van der Waals surface area contributed by atoms with E-state index in [0.29, 0.717) is 16.8 Å². The Balaban J connectivity index is 2.32. The lowest BCUT2D eigenvalue weighted by Gasteiger charge is -2.06. The smallest absolute Gasteiger partial charge is 0.335 e. The highest BCUT2D eigenvalue weighted by molar-refractivity contribution is 5.99. The first-order chi connectivity index (χ1) is 10.4. The molecule has 0 fully saturated rings. The number of ketones is 1. The van der Waals surface area contributed by atoms with Crippen LogP contribution in [0.1, 0.15) is 36.6 Å². The van der Waals surface area contributed by atoms with E-state index in [1.54, 1.807) is 24.3 Å². The number of rotatable bonds is 5. The quantitative estimate of drug-likeness (QED) is 0.574. The average molecular weight is 299 g/mol. The van der Waals surface area contributed by atoms with E-state index in [1.807, 2.05) is 0 Å². The zero-order valence-electron chi connectivity index (χ0n) is 11.4. The number of benzene rings is 2. The fraction of sp³-hybridized carbons (Fsp3) is 0.0625. The third kappa shape index (κ3) is 3.49. The van der Waals surface area contributed by atoms with Crippen LogP contribution in [0.3, 0.4) is 0 Å². The van der Waals surface area contributed by atoms with Crippen molar-refractivity contribution in [2.45, 2.75) is 6.42 Å². The molecule has 6 heteroatoms. The maximum Gasteiger partial charge on any atom is 0.335 e. The van der Waals surface area contributed by atoms with Crippen LogP contribution in [0.25, 0.3) is 0 Å². The van der Waals surface area contributed by atoms with Crippen LogP contribution in [0, 0.1) is 0 Å². The monoisotopic (exact) mass is 299 g/mol. The Hall–Kier alpha value is -3.15. The minimum absolute atomic E-state index is 0.0919. The molecule has 112 valence electrons. The van der Waals surface area contributed by atoms with Gasteiger partial charge in [0.1, 0.15) is 0 Å².